The number of esters is 1. The molecular weight excluding hydrogens is 196 g/mol. The van der Waals surface area contributed by atoms with Crippen LogP contribution >= 0.6 is 0 Å². The maximum absolute atomic E-state index is 11.5. The Hall–Kier alpha value is -0.610. The molecule has 0 aromatic carbocycles. The van der Waals surface area contributed by atoms with E-state index in [9.17, 15) is 4.79 Å². The molecule has 86 valence electrons. The van der Waals surface area contributed by atoms with Gasteiger partial charge in [-0.05, 0) is 19.8 Å². The standard InChI is InChI=1S/C11H18O4/c1-3-14-11-6-4-5-9(15-11)8(7-11)10(12)13-2/h8-9H,3-7H2,1-2H3/t8-,9+,11-/m1/s1. The molecule has 2 heterocycles. The molecule has 0 unspecified atom stereocenters. The van der Waals surface area contributed by atoms with Crippen LogP contribution in [0.25, 0.3) is 0 Å². The Kier molecular flexibility index (Phi) is 2.98. The van der Waals surface area contributed by atoms with Crippen molar-refractivity contribution in [1.82, 2.24) is 0 Å². The first-order chi connectivity index (χ1) is 7.21. The summed E-state index contributed by atoms with van der Waals surface area (Å²) in [5.41, 5.74) is 0. The number of hydrogen-bond acceptors (Lipinski definition) is 4. The zero-order chi connectivity index (χ0) is 10.9. The van der Waals surface area contributed by atoms with Crippen LogP contribution in [0, 0.1) is 5.92 Å². The molecule has 0 amide bonds. The number of fused-ring (bicyclic) bond motifs is 2. The topological polar surface area (TPSA) is 44.8 Å². The van der Waals surface area contributed by atoms with E-state index in [1.807, 2.05) is 6.92 Å². The molecule has 2 aliphatic rings. The lowest BCUT2D eigenvalue weighted by molar-refractivity contribution is -0.244. The van der Waals surface area contributed by atoms with Gasteiger partial charge in [0.2, 0.25) is 0 Å². The van der Waals surface area contributed by atoms with E-state index < -0.39 is 5.79 Å². The van der Waals surface area contributed by atoms with Crippen LogP contribution in [0.2, 0.25) is 0 Å². The van der Waals surface area contributed by atoms with Gasteiger partial charge in [-0.25, -0.2) is 0 Å². The Morgan fingerprint density at radius 1 is 1.60 bits per heavy atom. The molecule has 0 saturated carbocycles. The fourth-order valence-corrected chi connectivity index (χ4v) is 2.68. The molecule has 2 fully saturated rings. The molecule has 0 aromatic heterocycles. The summed E-state index contributed by atoms with van der Waals surface area (Å²) in [6.45, 7) is 2.58. The molecule has 2 rings (SSSR count). The SMILES string of the molecule is CCO[C@]12CCC[C@H](O1)[C@H](C(=O)OC)C2. The predicted octanol–water partition coefficient (Wildman–Crippen LogP) is 1.48. The van der Waals surface area contributed by atoms with Gasteiger partial charge in [-0.2, -0.15) is 0 Å². The van der Waals surface area contributed by atoms with Crippen LogP contribution in [0.15, 0.2) is 0 Å². The third kappa shape index (κ3) is 1.88. The molecule has 4 heteroatoms. The highest BCUT2D eigenvalue weighted by atomic mass is 16.7. The van der Waals surface area contributed by atoms with Gasteiger partial charge in [0, 0.05) is 19.4 Å². The molecule has 0 radical (unpaired) electrons. The number of hydrogen-bond donors (Lipinski definition) is 0. The maximum atomic E-state index is 11.5. The number of ether oxygens (including phenoxy) is 3. The van der Waals surface area contributed by atoms with E-state index in [1.54, 1.807) is 0 Å². The van der Waals surface area contributed by atoms with E-state index in [0.717, 1.165) is 19.3 Å². The summed E-state index contributed by atoms with van der Waals surface area (Å²) in [5.74, 6) is -0.802. The van der Waals surface area contributed by atoms with Crippen molar-refractivity contribution in [2.75, 3.05) is 13.7 Å². The largest absolute Gasteiger partial charge is 0.469 e. The Labute approximate surface area is 89.9 Å². The van der Waals surface area contributed by atoms with Crippen molar-refractivity contribution in [1.29, 1.82) is 0 Å². The summed E-state index contributed by atoms with van der Waals surface area (Å²) in [6, 6.07) is 0. The van der Waals surface area contributed by atoms with Gasteiger partial charge in [0.15, 0.2) is 5.79 Å². The minimum absolute atomic E-state index is 0.00208. The smallest absolute Gasteiger partial charge is 0.311 e. The molecule has 0 N–H and O–H groups in total. The average Bonchev–Trinajstić information content (AvgIpc) is 2.50. The van der Waals surface area contributed by atoms with Gasteiger partial charge < -0.3 is 14.2 Å². The second kappa shape index (κ2) is 4.10. The molecule has 15 heavy (non-hydrogen) atoms. The van der Waals surface area contributed by atoms with Gasteiger partial charge in [0.25, 0.3) is 0 Å². The van der Waals surface area contributed by atoms with Crippen molar-refractivity contribution in [3.63, 3.8) is 0 Å². The lowest BCUT2D eigenvalue weighted by Crippen LogP contribution is -2.35. The van der Waals surface area contributed by atoms with Gasteiger partial charge in [-0.15, -0.1) is 0 Å². The molecule has 2 bridgehead atoms. The Balaban J connectivity index is 2.10. The molecule has 0 aliphatic carbocycles. The first kappa shape index (κ1) is 10.9. The van der Waals surface area contributed by atoms with Crippen LogP contribution in [0.5, 0.6) is 0 Å². The van der Waals surface area contributed by atoms with E-state index in [0.29, 0.717) is 13.0 Å². The second-order valence-electron chi connectivity index (χ2n) is 4.23. The van der Waals surface area contributed by atoms with Crippen molar-refractivity contribution in [3.8, 4) is 0 Å². The predicted molar refractivity (Wildman–Crippen MR) is 53.2 cm³/mol. The van der Waals surface area contributed by atoms with Crippen LogP contribution in [-0.2, 0) is 19.0 Å². The first-order valence-electron chi connectivity index (χ1n) is 5.60. The molecule has 2 aliphatic heterocycles. The van der Waals surface area contributed by atoms with Gasteiger partial charge in [0.05, 0.1) is 19.1 Å². The van der Waals surface area contributed by atoms with Gasteiger partial charge in [-0.3, -0.25) is 4.79 Å². The maximum Gasteiger partial charge on any atom is 0.311 e. The van der Waals surface area contributed by atoms with Crippen LogP contribution in [0.1, 0.15) is 32.6 Å². The van der Waals surface area contributed by atoms with Crippen LogP contribution < -0.4 is 0 Å². The molecule has 2 saturated heterocycles. The first-order valence-corrected chi connectivity index (χ1v) is 5.60. The number of rotatable bonds is 3. The summed E-state index contributed by atoms with van der Waals surface area (Å²) in [4.78, 5) is 11.5. The number of methoxy groups -OCH3 is 1. The van der Waals surface area contributed by atoms with Crippen LogP contribution in [0.4, 0.5) is 0 Å². The zero-order valence-electron chi connectivity index (χ0n) is 9.32. The van der Waals surface area contributed by atoms with E-state index in [4.69, 9.17) is 14.2 Å². The Morgan fingerprint density at radius 3 is 3.07 bits per heavy atom. The fraction of sp³-hybridized carbons (Fsp3) is 0.909. The highest BCUT2D eigenvalue weighted by Gasteiger charge is 2.52. The minimum atomic E-state index is -0.503. The average molecular weight is 214 g/mol. The molecule has 4 nitrogen and oxygen atoms in total. The van der Waals surface area contributed by atoms with Crippen molar-refractivity contribution in [3.05, 3.63) is 0 Å². The van der Waals surface area contributed by atoms with E-state index >= 15 is 0 Å². The van der Waals surface area contributed by atoms with Crippen LogP contribution in [0.3, 0.4) is 0 Å². The molecule has 0 spiro atoms. The number of carbonyl (C=O) groups excluding carboxylic acids is 1. The Bertz CT molecular complexity index is 249. The second-order valence-corrected chi connectivity index (χ2v) is 4.23. The third-order valence-electron chi connectivity index (χ3n) is 3.30. The van der Waals surface area contributed by atoms with Crippen molar-refractivity contribution in [2.45, 2.75) is 44.5 Å². The highest BCUT2D eigenvalue weighted by Crippen LogP contribution is 2.45. The zero-order valence-corrected chi connectivity index (χ0v) is 9.32. The summed E-state index contributed by atoms with van der Waals surface area (Å²) in [7, 11) is 1.43. The Morgan fingerprint density at radius 2 is 2.40 bits per heavy atom. The summed E-state index contributed by atoms with van der Waals surface area (Å²) >= 11 is 0. The minimum Gasteiger partial charge on any atom is -0.469 e. The van der Waals surface area contributed by atoms with E-state index in [-0.39, 0.29) is 18.0 Å². The molecule has 0 aromatic rings. The van der Waals surface area contributed by atoms with Gasteiger partial charge >= 0.3 is 5.97 Å². The monoisotopic (exact) mass is 214 g/mol. The van der Waals surface area contributed by atoms with E-state index in [1.165, 1.54) is 7.11 Å². The van der Waals surface area contributed by atoms with Crippen LogP contribution in [-0.4, -0.2) is 31.6 Å². The van der Waals surface area contributed by atoms with Crippen molar-refractivity contribution < 1.29 is 19.0 Å². The highest BCUT2D eigenvalue weighted by molar-refractivity contribution is 5.73. The lowest BCUT2D eigenvalue weighted by atomic mass is 9.99. The fourth-order valence-electron chi connectivity index (χ4n) is 2.68. The number of carbonyl (C=O) groups is 1. The summed E-state index contributed by atoms with van der Waals surface area (Å²) < 4.78 is 16.3. The normalized spacial score (nSPS) is 39.1. The van der Waals surface area contributed by atoms with E-state index in [2.05, 4.69) is 0 Å². The van der Waals surface area contributed by atoms with Gasteiger partial charge in [0.1, 0.15) is 0 Å². The summed E-state index contributed by atoms with van der Waals surface area (Å²) in [6.07, 6.45) is 3.55. The summed E-state index contributed by atoms with van der Waals surface area (Å²) in [5, 5.41) is 0. The van der Waals surface area contributed by atoms with Crippen molar-refractivity contribution >= 4 is 5.97 Å². The molecule has 3 atom stereocenters. The third-order valence-corrected chi connectivity index (χ3v) is 3.30. The quantitative estimate of drug-likeness (QED) is 0.667. The van der Waals surface area contributed by atoms with Crippen molar-refractivity contribution in [2.24, 2.45) is 5.92 Å². The molecular formula is C11H18O4. The van der Waals surface area contributed by atoms with Gasteiger partial charge in [-0.1, -0.05) is 0 Å². The lowest BCUT2D eigenvalue weighted by Gasteiger charge is -2.32.